The van der Waals surface area contributed by atoms with E-state index in [2.05, 4.69) is 4.90 Å². The molecule has 0 saturated heterocycles. The van der Waals surface area contributed by atoms with E-state index in [9.17, 15) is 13.2 Å². The van der Waals surface area contributed by atoms with Crippen LogP contribution in [0.1, 0.15) is 37.3 Å². The summed E-state index contributed by atoms with van der Waals surface area (Å²) in [6.07, 6.45) is 4.55. The summed E-state index contributed by atoms with van der Waals surface area (Å²) in [5, 5.41) is 0. The molecular weight excluding hydrogens is 265 g/mol. The highest BCUT2D eigenvalue weighted by molar-refractivity contribution is 5.24. The maximum atomic E-state index is 14.0. The standard InChI is InChI=1S/C15H19F3N2/c16-12-6-14(18)13(17)5-11(12)15(7-19)20(10-3-4-10)8-9-1-2-9/h5-6,9-10,15H,1-4,7-8,19H2. The van der Waals surface area contributed by atoms with E-state index in [-0.39, 0.29) is 18.2 Å². The minimum atomic E-state index is -1.15. The van der Waals surface area contributed by atoms with Crippen molar-refractivity contribution >= 4 is 0 Å². The molecule has 1 unspecified atom stereocenters. The van der Waals surface area contributed by atoms with Gasteiger partial charge in [-0.15, -0.1) is 0 Å². The number of nitrogens with two attached hydrogens (primary N) is 1. The fourth-order valence-electron chi connectivity index (χ4n) is 2.77. The van der Waals surface area contributed by atoms with Crippen LogP contribution in [0, 0.1) is 23.4 Å². The molecule has 2 N–H and O–H groups in total. The van der Waals surface area contributed by atoms with Crippen molar-refractivity contribution in [2.75, 3.05) is 13.1 Å². The topological polar surface area (TPSA) is 29.3 Å². The Hall–Kier alpha value is -1.07. The monoisotopic (exact) mass is 284 g/mol. The predicted octanol–water partition coefficient (Wildman–Crippen LogP) is 2.98. The van der Waals surface area contributed by atoms with E-state index in [0.29, 0.717) is 18.0 Å². The molecule has 1 atom stereocenters. The van der Waals surface area contributed by atoms with E-state index in [1.165, 1.54) is 12.8 Å². The van der Waals surface area contributed by atoms with Crippen molar-refractivity contribution in [2.24, 2.45) is 11.7 Å². The molecule has 2 aliphatic carbocycles. The lowest BCUT2D eigenvalue weighted by atomic mass is 10.0. The third-order valence-electron chi connectivity index (χ3n) is 4.20. The van der Waals surface area contributed by atoms with Crippen LogP contribution in [0.3, 0.4) is 0 Å². The first kappa shape index (κ1) is 13.9. The molecule has 0 heterocycles. The van der Waals surface area contributed by atoms with Gasteiger partial charge in [0, 0.05) is 30.8 Å². The lowest BCUT2D eigenvalue weighted by Crippen LogP contribution is -2.37. The van der Waals surface area contributed by atoms with E-state index < -0.39 is 17.5 Å². The van der Waals surface area contributed by atoms with Gasteiger partial charge in [0.2, 0.25) is 0 Å². The molecule has 3 rings (SSSR count). The van der Waals surface area contributed by atoms with Crippen molar-refractivity contribution in [3.63, 3.8) is 0 Å². The van der Waals surface area contributed by atoms with E-state index >= 15 is 0 Å². The third-order valence-corrected chi connectivity index (χ3v) is 4.20. The van der Waals surface area contributed by atoms with E-state index in [0.717, 1.165) is 25.5 Å². The normalized spacial score (nSPS) is 20.4. The van der Waals surface area contributed by atoms with Gasteiger partial charge >= 0.3 is 0 Å². The fraction of sp³-hybridized carbons (Fsp3) is 0.600. The number of benzene rings is 1. The minimum absolute atomic E-state index is 0.180. The first-order chi connectivity index (χ1) is 9.60. The van der Waals surface area contributed by atoms with Gasteiger partial charge < -0.3 is 5.73 Å². The number of halogens is 3. The van der Waals surface area contributed by atoms with Crippen LogP contribution in [0.4, 0.5) is 13.2 Å². The summed E-state index contributed by atoms with van der Waals surface area (Å²) < 4.78 is 40.4. The smallest absolute Gasteiger partial charge is 0.161 e. The molecule has 20 heavy (non-hydrogen) atoms. The summed E-state index contributed by atoms with van der Waals surface area (Å²) in [4.78, 5) is 2.19. The van der Waals surface area contributed by atoms with Crippen molar-refractivity contribution < 1.29 is 13.2 Å². The molecule has 5 heteroatoms. The van der Waals surface area contributed by atoms with Crippen molar-refractivity contribution in [1.29, 1.82) is 0 Å². The number of hydrogen-bond acceptors (Lipinski definition) is 2. The zero-order valence-corrected chi connectivity index (χ0v) is 11.3. The van der Waals surface area contributed by atoms with Gasteiger partial charge in [0.1, 0.15) is 5.82 Å². The van der Waals surface area contributed by atoms with E-state index in [1.807, 2.05) is 0 Å². The second kappa shape index (κ2) is 5.37. The second-order valence-corrected chi connectivity index (χ2v) is 5.91. The molecule has 2 nitrogen and oxygen atoms in total. The highest BCUT2D eigenvalue weighted by Gasteiger charge is 2.38. The Labute approximate surface area is 116 Å². The average Bonchev–Trinajstić information content (AvgIpc) is 3.26. The zero-order chi connectivity index (χ0) is 14.3. The van der Waals surface area contributed by atoms with Crippen LogP contribution in [0.5, 0.6) is 0 Å². The summed E-state index contributed by atoms with van der Waals surface area (Å²) in [7, 11) is 0. The Balaban J connectivity index is 1.88. The molecule has 0 bridgehead atoms. The maximum Gasteiger partial charge on any atom is 0.161 e. The van der Waals surface area contributed by atoms with Crippen molar-refractivity contribution in [2.45, 2.75) is 37.8 Å². The highest BCUT2D eigenvalue weighted by Crippen LogP contribution is 2.40. The van der Waals surface area contributed by atoms with Gasteiger partial charge in [-0.3, -0.25) is 4.90 Å². The van der Waals surface area contributed by atoms with Crippen molar-refractivity contribution in [3.05, 3.63) is 35.1 Å². The molecule has 2 aliphatic rings. The van der Waals surface area contributed by atoms with Crippen LogP contribution in [0.15, 0.2) is 12.1 Å². The van der Waals surface area contributed by atoms with Gasteiger partial charge in [0.25, 0.3) is 0 Å². The average molecular weight is 284 g/mol. The Morgan fingerprint density at radius 3 is 2.25 bits per heavy atom. The van der Waals surface area contributed by atoms with Crippen LogP contribution in [0.2, 0.25) is 0 Å². The second-order valence-electron chi connectivity index (χ2n) is 5.91. The van der Waals surface area contributed by atoms with Crippen LogP contribution in [-0.2, 0) is 0 Å². The van der Waals surface area contributed by atoms with Gasteiger partial charge in [-0.05, 0) is 37.7 Å². The molecular formula is C15H19F3N2. The molecule has 0 radical (unpaired) electrons. The Kier molecular flexibility index (Phi) is 3.73. The molecule has 2 fully saturated rings. The summed E-state index contributed by atoms with van der Waals surface area (Å²) in [5.74, 6) is -2.22. The lowest BCUT2D eigenvalue weighted by Gasteiger charge is -2.31. The molecule has 1 aromatic rings. The molecule has 0 aliphatic heterocycles. The predicted molar refractivity (Wildman–Crippen MR) is 70.6 cm³/mol. The Morgan fingerprint density at radius 2 is 1.70 bits per heavy atom. The quantitative estimate of drug-likeness (QED) is 0.814. The van der Waals surface area contributed by atoms with Gasteiger partial charge in [-0.25, -0.2) is 13.2 Å². The van der Waals surface area contributed by atoms with Crippen molar-refractivity contribution in [1.82, 2.24) is 4.90 Å². The first-order valence-corrected chi connectivity index (χ1v) is 7.20. The Morgan fingerprint density at radius 1 is 1.05 bits per heavy atom. The summed E-state index contributed by atoms with van der Waals surface area (Å²) in [5.41, 5.74) is 5.98. The van der Waals surface area contributed by atoms with Crippen LogP contribution in [-0.4, -0.2) is 24.0 Å². The summed E-state index contributed by atoms with van der Waals surface area (Å²) in [6, 6.07) is 1.63. The number of hydrogen-bond donors (Lipinski definition) is 1. The minimum Gasteiger partial charge on any atom is -0.329 e. The number of nitrogens with zero attached hydrogens (tertiary/aromatic N) is 1. The van der Waals surface area contributed by atoms with Gasteiger partial charge in [0.05, 0.1) is 6.04 Å². The van der Waals surface area contributed by atoms with Gasteiger partial charge in [-0.2, -0.15) is 0 Å². The number of rotatable bonds is 6. The largest absolute Gasteiger partial charge is 0.329 e. The first-order valence-electron chi connectivity index (χ1n) is 7.20. The molecule has 0 aromatic heterocycles. The molecule has 0 amide bonds. The zero-order valence-electron chi connectivity index (χ0n) is 11.3. The van der Waals surface area contributed by atoms with Gasteiger partial charge in [0.15, 0.2) is 11.6 Å². The van der Waals surface area contributed by atoms with E-state index in [4.69, 9.17) is 5.73 Å². The maximum absolute atomic E-state index is 14.0. The van der Waals surface area contributed by atoms with Crippen LogP contribution < -0.4 is 5.73 Å². The summed E-state index contributed by atoms with van der Waals surface area (Å²) >= 11 is 0. The lowest BCUT2D eigenvalue weighted by molar-refractivity contribution is 0.178. The Bertz CT molecular complexity index is 498. The van der Waals surface area contributed by atoms with Crippen LogP contribution in [0.25, 0.3) is 0 Å². The fourth-order valence-corrected chi connectivity index (χ4v) is 2.77. The highest BCUT2D eigenvalue weighted by atomic mass is 19.2. The molecule has 0 spiro atoms. The van der Waals surface area contributed by atoms with E-state index in [1.54, 1.807) is 0 Å². The van der Waals surface area contributed by atoms with Crippen LogP contribution >= 0.6 is 0 Å². The summed E-state index contributed by atoms with van der Waals surface area (Å²) in [6.45, 7) is 1.09. The third kappa shape index (κ3) is 2.83. The molecule has 2 saturated carbocycles. The SMILES string of the molecule is NCC(c1cc(F)c(F)cc1F)N(CC1CC1)C1CC1. The van der Waals surface area contributed by atoms with Gasteiger partial charge in [-0.1, -0.05) is 0 Å². The molecule has 110 valence electrons. The van der Waals surface area contributed by atoms with Crippen molar-refractivity contribution in [3.8, 4) is 0 Å². The molecule has 1 aromatic carbocycles.